The number of carbonyl (C=O) groups is 3. The second-order valence-electron chi connectivity index (χ2n) is 8.39. The molecule has 0 bridgehead atoms. The van der Waals surface area contributed by atoms with Gasteiger partial charge in [-0.15, -0.1) is 11.8 Å². The number of ether oxygens (including phenoxy) is 1. The van der Waals surface area contributed by atoms with Crippen LogP contribution in [0.4, 0.5) is 5.69 Å². The Bertz CT molecular complexity index is 1160. The summed E-state index contributed by atoms with van der Waals surface area (Å²) in [5, 5.41) is 3.87. The van der Waals surface area contributed by atoms with E-state index in [1.54, 1.807) is 36.0 Å². The molecule has 1 saturated carbocycles. The lowest BCUT2D eigenvalue weighted by Gasteiger charge is -2.27. The van der Waals surface area contributed by atoms with E-state index in [2.05, 4.69) is 5.16 Å². The molecule has 0 radical (unpaired) electrons. The van der Waals surface area contributed by atoms with E-state index < -0.39 is 22.0 Å². The van der Waals surface area contributed by atoms with Crippen molar-refractivity contribution in [1.29, 1.82) is 0 Å². The molecule has 34 heavy (non-hydrogen) atoms. The molecule has 2 aromatic rings. The van der Waals surface area contributed by atoms with E-state index in [9.17, 15) is 14.4 Å². The van der Waals surface area contributed by atoms with Crippen LogP contribution in [-0.4, -0.2) is 54.5 Å². The molecule has 2 aromatic carbocycles. The highest BCUT2D eigenvalue weighted by atomic mass is 32.2. The van der Waals surface area contributed by atoms with E-state index in [1.807, 2.05) is 43.5 Å². The molecular formula is C25H26N2O5S2. The number of anilines is 1. The number of benzene rings is 2. The van der Waals surface area contributed by atoms with E-state index in [0.717, 1.165) is 5.56 Å². The van der Waals surface area contributed by atoms with Gasteiger partial charge < -0.3 is 9.57 Å². The van der Waals surface area contributed by atoms with Crippen LogP contribution >= 0.6 is 23.5 Å². The van der Waals surface area contributed by atoms with Crippen LogP contribution in [0.15, 0.2) is 59.8 Å². The van der Waals surface area contributed by atoms with Crippen LogP contribution in [0.25, 0.3) is 0 Å². The zero-order chi connectivity index (χ0) is 24.5. The molecular weight excluding hydrogens is 472 g/mol. The maximum atomic E-state index is 13.8. The summed E-state index contributed by atoms with van der Waals surface area (Å²) >= 11 is 3.10. The lowest BCUT2D eigenvalue weighted by molar-refractivity contribution is -0.133. The second-order valence-corrected chi connectivity index (χ2v) is 10.5. The zero-order valence-corrected chi connectivity index (χ0v) is 21.1. The van der Waals surface area contributed by atoms with E-state index >= 15 is 0 Å². The van der Waals surface area contributed by atoms with Crippen LogP contribution in [-0.2, 0) is 29.7 Å². The Hall–Kier alpha value is -2.78. The topological polar surface area (TPSA) is 85.3 Å². The molecule has 1 saturated heterocycles. The number of rotatable bonds is 9. The predicted octanol–water partition coefficient (Wildman–Crippen LogP) is 3.75. The minimum absolute atomic E-state index is 0.0534. The Morgan fingerprint density at radius 1 is 1.09 bits per heavy atom. The lowest BCUT2D eigenvalue weighted by Crippen LogP contribution is -2.42. The number of para-hydroxylation sites is 1. The predicted molar refractivity (Wildman–Crippen MR) is 135 cm³/mol. The number of thioether (sulfide) groups is 2. The van der Waals surface area contributed by atoms with Gasteiger partial charge in [-0.1, -0.05) is 54.5 Å². The molecule has 3 atom stereocenters. The molecule has 2 fully saturated rings. The summed E-state index contributed by atoms with van der Waals surface area (Å²) in [5.41, 5.74) is 1.57. The summed E-state index contributed by atoms with van der Waals surface area (Å²) in [7, 11) is 2.65. The van der Waals surface area contributed by atoms with E-state index in [-0.39, 0.29) is 17.5 Å². The van der Waals surface area contributed by atoms with Crippen LogP contribution < -0.4 is 4.90 Å². The summed E-state index contributed by atoms with van der Waals surface area (Å²) in [6, 6.07) is 16.4. The van der Waals surface area contributed by atoms with Crippen molar-refractivity contribution < 1.29 is 24.0 Å². The SMILES string of the molecule is CON=C(C(=O)OC)c1ccccc1CSC12C(=O)N(c3ccccc3)C(=O)C1C2(C)CSC. The quantitative estimate of drug-likeness (QED) is 0.225. The standard InChI is InChI=1S/C25H26N2O5S2/c1-24(15-33-4)20-21(28)27(17-11-6-5-7-12-17)23(30)25(20,24)34-14-16-10-8-9-13-18(16)19(26-32-3)22(29)31-2/h5-13,20H,14-15H2,1-4H3. The number of amides is 2. The lowest BCUT2D eigenvalue weighted by atomic mass is 10.0. The number of nitrogens with zero attached hydrogens (tertiary/aromatic N) is 2. The molecule has 7 nitrogen and oxygen atoms in total. The van der Waals surface area contributed by atoms with Crippen LogP contribution in [0.2, 0.25) is 0 Å². The van der Waals surface area contributed by atoms with Crippen LogP contribution in [0.5, 0.6) is 0 Å². The molecule has 178 valence electrons. The molecule has 0 N–H and O–H groups in total. The minimum atomic E-state index is -0.861. The van der Waals surface area contributed by atoms with Crippen molar-refractivity contribution in [2.45, 2.75) is 17.4 Å². The number of methoxy groups -OCH3 is 1. The molecule has 0 aromatic heterocycles. The van der Waals surface area contributed by atoms with Gasteiger partial charge in [0, 0.05) is 22.5 Å². The van der Waals surface area contributed by atoms with Crippen molar-refractivity contribution >= 4 is 52.7 Å². The number of imide groups is 1. The summed E-state index contributed by atoms with van der Waals surface area (Å²) in [6.45, 7) is 2.03. The van der Waals surface area contributed by atoms with E-state index in [1.165, 1.54) is 30.9 Å². The first-order valence-corrected chi connectivity index (χ1v) is 13.1. The fourth-order valence-electron chi connectivity index (χ4n) is 4.93. The minimum Gasteiger partial charge on any atom is -0.464 e. The summed E-state index contributed by atoms with van der Waals surface area (Å²) in [4.78, 5) is 45.8. The van der Waals surface area contributed by atoms with Crippen molar-refractivity contribution in [3.05, 3.63) is 65.7 Å². The van der Waals surface area contributed by atoms with Gasteiger partial charge in [0.1, 0.15) is 11.9 Å². The average Bonchev–Trinajstić information content (AvgIpc) is 3.29. The van der Waals surface area contributed by atoms with Crippen LogP contribution in [0, 0.1) is 11.3 Å². The van der Waals surface area contributed by atoms with E-state index in [4.69, 9.17) is 9.57 Å². The third-order valence-corrected chi connectivity index (χ3v) is 9.22. The molecule has 1 heterocycles. The van der Waals surface area contributed by atoms with Crippen molar-refractivity contribution in [2.24, 2.45) is 16.5 Å². The molecule has 1 aliphatic heterocycles. The molecule has 2 amide bonds. The first-order chi connectivity index (χ1) is 16.4. The number of carbonyl (C=O) groups excluding carboxylic acids is 3. The Labute approximate surface area is 207 Å². The fraction of sp³-hybridized carbons (Fsp3) is 0.360. The number of hydrogen-bond donors (Lipinski definition) is 0. The van der Waals surface area contributed by atoms with Gasteiger partial charge in [0.2, 0.25) is 5.91 Å². The summed E-state index contributed by atoms with van der Waals surface area (Å²) in [6.07, 6.45) is 1.99. The Balaban J connectivity index is 1.68. The number of oxime groups is 1. The maximum absolute atomic E-state index is 13.8. The van der Waals surface area contributed by atoms with Crippen molar-refractivity contribution in [2.75, 3.05) is 31.1 Å². The molecule has 0 spiro atoms. The van der Waals surface area contributed by atoms with Gasteiger partial charge in [-0.2, -0.15) is 11.8 Å². The molecule has 1 aliphatic carbocycles. The monoisotopic (exact) mass is 498 g/mol. The van der Waals surface area contributed by atoms with Gasteiger partial charge in [-0.25, -0.2) is 9.69 Å². The molecule has 2 aliphatic rings. The average molecular weight is 499 g/mol. The fourth-order valence-corrected chi connectivity index (χ4v) is 7.85. The molecule has 9 heteroatoms. The number of esters is 1. The van der Waals surface area contributed by atoms with Crippen molar-refractivity contribution in [3.8, 4) is 0 Å². The van der Waals surface area contributed by atoms with Crippen molar-refractivity contribution in [1.82, 2.24) is 0 Å². The Kier molecular flexibility index (Phi) is 6.78. The van der Waals surface area contributed by atoms with Crippen LogP contribution in [0.3, 0.4) is 0 Å². The third-order valence-electron chi connectivity index (χ3n) is 6.54. The first kappa shape index (κ1) is 24.3. The number of piperidine rings is 1. The van der Waals surface area contributed by atoms with Gasteiger partial charge in [0.05, 0.1) is 18.7 Å². The summed E-state index contributed by atoms with van der Waals surface area (Å²) < 4.78 is 4.01. The maximum Gasteiger partial charge on any atom is 0.360 e. The normalized spacial score (nSPS) is 25.8. The van der Waals surface area contributed by atoms with Gasteiger partial charge in [-0.05, 0) is 24.0 Å². The van der Waals surface area contributed by atoms with Gasteiger partial charge in [0.15, 0.2) is 5.71 Å². The van der Waals surface area contributed by atoms with Gasteiger partial charge in [-0.3, -0.25) is 9.59 Å². The van der Waals surface area contributed by atoms with Gasteiger partial charge in [0.25, 0.3) is 5.91 Å². The zero-order valence-electron chi connectivity index (χ0n) is 19.4. The number of hydrogen-bond acceptors (Lipinski definition) is 8. The highest BCUT2D eigenvalue weighted by Crippen LogP contribution is 2.74. The molecule has 4 rings (SSSR count). The van der Waals surface area contributed by atoms with Crippen molar-refractivity contribution in [3.63, 3.8) is 0 Å². The third kappa shape index (κ3) is 3.62. The molecule has 3 unspecified atom stereocenters. The highest BCUT2D eigenvalue weighted by molar-refractivity contribution is 8.01. The Morgan fingerprint density at radius 2 is 1.76 bits per heavy atom. The second kappa shape index (κ2) is 9.46. The van der Waals surface area contributed by atoms with Gasteiger partial charge >= 0.3 is 5.97 Å². The number of fused-ring (bicyclic) bond motifs is 1. The highest BCUT2D eigenvalue weighted by Gasteiger charge is 2.86. The van der Waals surface area contributed by atoms with Crippen LogP contribution in [0.1, 0.15) is 18.1 Å². The largest absolute Gasteiger partial charge is 0.464 e. The Morgan fingerprint density at radius 3 is 2.41 bits per heavy atom. The first-order valence-electron chi connectivity index (χ1n) is 10.7. The smallest absolute Gasteiger partial charge is 0.360 e. The van der Waals surface area contributed by atoms with E-state index in [0.29, 0.717) is 22.8 Å². The summed E-state index contributed by atoms with van der Waals surface area (Å²) in [5.74, 6) is -0.221.